The molecule has 5 nitrogen and oxygen atoms in total. The molecular formula is C17H17N3O2S2. The molecule has 0 bridgehead atoms. The molecule has 0 unspecified atom stereocenters. The van der Waals surface area contributed by atoms with Gasteiger partial charge >= 0.3 is 5.97 Å². The van der Waals surface area contributed by atoms with E-state index in [1.54, 1.807) is 35.2 Å². The minimum Gasteiger partial charge on any atom is -0.465 e. The van der Waals surface area contributed by atoms with E-state index in [-0.39, 0.29) is 5.97 Å². The van der Waals surface area contributed by atoms with Crippen LogP contribution in [-0.2, 0) is 17.0 Å². The lowest BCUT2D eigenvalue weighted by Gasteiger charge is -2.06. The highest BCUT2D eigenvalue weighted by molar-refractivity contribution is 7.98. The molecule has 0 atom stereocenters. The molecule has 1 aromatic carbocycles. The fourth-order valence-corrected chi connectivity index (χ4v) is 3.95. The summed E-state index contributed by atoms with van der Waals surface area (Å²) in [4.78, 5) is 12.6. The van der Waals surface area contributed by atoms with E-state index in [1.807, 2.05) is 23.6 Å². The van der Waals surface area contributed by atoms with Crippen molar-refractivity contribution in [2.75, 3.05) is 7.11 Å². The Labute approximate surface area is 148 Å². The summed E-state index contributed by atoms with van der Waals surface area (Å²) in [6, 6.07) is 11.5. The minimum absolute atomic E-state index is 0.319. The second-order valence-corrected chi connectivity index (χ2v) is 6.90. The van der Waals surface area contributed by atoms with Gasteiger partial charge in [0, 0.05) is 12.3 Å². The van der Waals surface area contributed by atoms with Crippen molar-refractivity contribution in [2.45, 2.75) is 24.4 Å². The van der Waals surface area contributed by atoms with Gasteiger partial charge in [-0.1, -0.05) is 30.0 Å². The van der Waals surface area contributed by atoms with Gasteiger partial charge in [0.05, 0.1) is 17.6 Å². The highest BCUT2D eigenvalue weighted by Gasteiger charge is 2.14. The van der Waals surface area contributed by atoms with Gasteiger partial charge in [0.1, 0.15) is 0 Å². The Morgan fingerprint density at radius 3 is 2.67 bits per heavy atom. The lowest BCUT2D eigenvalue weighted by Crippen LogP contribution is -2.01. The van der Waals surface area contributed by atoms with Gasteiger partial charge in [-0.3, -0.25) is 0 Å². The van der Waals surface area contributed by atoms with Crippen LogP contribution in [0.2, 0.25) is 0 Å². The first-order chi connectivity index (χ1) is 11.7. The molecule has 124 valence electrons. The second-order valence-electron chi connectivity index (χ2n) is 5.00. The average molecular weight is 359 g/mol. The molecular weight excluding hydrogens is 342 g/mol. The first kappa shape index (κ1) is 16.7. The molecule has 24 heavy (non-hydrogen) atoms. The summed E-state index contributed by atoms with van der Waals surface area (Å²) in [5.74, 6) is 1.36. The van der Waals surface area contributed by atoms with Gasteiger partial charge in [-0.05, 0) is 36.1 Å². The molecule has 2 heterocycles. The molecule has 0 aliphatic rings. The SMILES string of the molecule is CCn1c(SCc2ccc(C(=O)OC)cc2)nnc1-c1cccs1. The van der Waals surface area contributed by atoms with Crippen molar-refractivity contribution < 1.29 is 9.53 Å². The third kappa shape index (κ3) is 3.52. The van der Waals surface area contributed by atoms with E-state index in [9.17, 15) is 4.79 Å². The lowest BCUT2D eigenvalue weighted by molar-refractivity contribution is 0.0600. The number of carbonyl (C=O) groups is 1. The van der Waals surface area contributed by atoms with E-state index in [2.05, 4.69) is 27.8 Å². The number of thioether (sulfide) groups is 1. The Hall–Kier alpha value is -2.12. The van der Waals surface area contributed by atoms with Gasteiger partial charge < -0.3 is 9.30 Å². The molecule has 0 radical (unpaired) electrons. The zero-order valence-corrected chi connectivity index (χ0v) is 15.1. The maximum atomic E-state index is 11.5. The third-order valence-corrected chi connectivity index (χ3v) is 5.42. The fraction of sp³-hybridized carbons (Fsp3) is 0.235. The van der Waals surface area contributed by atoms with Crippen molar-refractivity contribution in [3.8, 4) is 10.7 Å². The molecule has 0 amide bonds. The zero-order valence-electron chi connectivity index (χ0n) is 13.4. The van der Waals surface area contributed by atoms with Crippen LogP contribution in [0, 0.1) is 0 Å². The maximum Gasteiger partial charge on any atom is 0.337 e. The predicted octanol–water partition coefficient (Wildman–Crippen LogP) is 4.11. The van der Waals surface area contributed by atoms with Crippen molar-refractivity contribution in [1.82, 2.24) is 14.8 Å². The van der Waals surface area contributed by atoms with Gasteiger partial charge in [-0.2, -0.15) is 0 Å². The van der Waals surface area contributed by atoms with Gasteiger partial charge in [0.25, 0.3) is 0 Å². The predicted molar refractivity (Wildman–Crippen MR) is 96.4 cm³/mol. The van der Waals surface area contributed by atoms with Crippen LogP contribution in [0.3, 0.4) is 0 Å². The van der Waals surface area contributed by atoms with Gasteiger partial charge in [-0.25, -0.2) is 4.79 Å². The molecule has 0 spiro atoms. The van der Waals surface area contributed by atoms with Crippen LogP contribution in [-0.4, -0.2) is 27.8 Å². The molecule has 2 aromatic heterocycles. The summed E-state index contributed by atoms with van der Waals surface area (Å²) < 4.78 is 6.83. The van der Waals surface area contributed by atoms with Crippen molar-refractivity contribution in [3.05, 3.63) is 52.9 Å². The molecule has 7 heteroatoms. The summed E-state index contributed by atoms with van der Waals surface area (Å²) in [6.07, 6.45) is 0. The highest BCUT2D eigenvalue weighted by atomic mass is 32.2. The first-order valence-corrected chi connectivity index (χ1v) is 9.36. The molecule has 0 aliphatic heterocycles. The van der Waals surface area contributed by atoms with E-state index < -0.39 is 0 Å². The number of ether oxygens (including phenoxy) is 1. The van der Waals surface area contributed by atoms with Crippen molar-refractivity contribution in [1.29, 1.82) is 0 Å². The number of rotatable bonds is 6. The lowest BCUT2D eigenvalue weighted by atomic mass is 10.1. The molecule has 0 aliphatic carbocycles. The quantitative estimate of drug-likeness (QED) is 0.490. The van der Waals surface area contributed by atoms with Crippen LogP contribution in [0.5, 0.6) is 0 Å². The topological polar surface area (TPSA) is 57.0 Å². The zero-order chi connectivity index (χ0) is 16.9. The van der Waals surface area contributed by atoms with Crippen LogP contribution < -0.4 is 0 Å². The van der Waals surface area contributed by atoms with Crippen molar-refractivity contribution in [2.24, 2.45) is 0 Å². The summed E-state index contributed by atoms with van der Waals surface area (Å²) in [5, 5.41) is 11.6. The molecule has 0 fully saturated rings. The number of carbonyl (C=O) groups excluding carboxylic acids is 1. The normalized spacial score (nSPS) is 10.8. The Morgan fingerprint density at radius 1 is 1.25 bits per heavy atom. The van der Waals surface area contributed by atoms with Crippen LogP contribution in [0.15, 0.2) is 46.9 Å². The monoisotopic (exact) mass is 359 g/mol. The number of hydrogen-bond acceptors (Lipinski definition) is 6. The Morgan fingerprint density at radius 2 is 2.04 bits per heavy atom. The number of nitrogens with zero attached hydrogens (tertiary/aromatic N) is 3. The summed E-state index contributed by atoms with van der Waals surface area (Å²) in [6.45, 7) is 2.92. The summed E-state index contributed by atoms with van der Waals surface area (Å²) >= 11 is 3.30. The number of methoxy groups -OCH3 is 1. The molecule has 0 saturated carbocycles. The largest absolute Gasteiger partial charge is 0.465 e. The van der Waals surface area contributed by atoms with E-state index >= 15 is 0 Å². The van der Waals surface area contributed by atoms with Gasteiger partial charge in [-0.15, -0.1) is 21.5 Å². The highest BCUT2D eigenvalue weighted by Crippen LogP contribution is 2.28. The van der Waals surface area contributed by atoms with Crippen LogP contribution in [0.1, 0.15) is 22.8 Å². The number of esters is 1. The molecule has 3 rings (SSSR count). The number of hydrogen-bond donors (Lipinski definition) is 0. The van der Waals surface area contributed by atoms with Gasteiger partial charge in [0.15, 0.2) is 11.0 Å². The maximum absolute atomic E-state index is 11.5. The molecule has 3 aromatic rings. The van der Waals surface area contributed by atoms with E-state index in [4.69, 9.17) is 4.74 Å². The van der Waals surface area contributed by atoms with E-state index in [1.165, 1.54) is 7.11 Å². The van der Waals surface area contributed by atoms with Crippen LogP contribution >= 0.6 is 23.1 Å². The molecule has 0 N–H and O–H groups in total. The third-order valence-electron chi connectivity index (χ3n) is 3.52. The van der Waals surface area contributed by atoms with E-state index in [0.29, 0.717) is 5.56 Å². The number of thiophene rings is 1. The Bertz CT molecular complexity index is 811. The van der Waals surface area contributed by atoms with Crippen molar-refractivity contribution >= 4 is 29.1 Å². The average Bonchev–Trinajstić information content (AvgIpc) is 3.28. The first-order valence-electron chi connectivity index (χ1n) is 7.50. The van der Waals surface area contributed by atoms with Crippen LogP contribution in [0.25, 0.3) is 10.7 Å². The smallest absolute Gasteiger partial charge is 0.337 e. The fourth-order valence-electron chi connectivity index (χ4n) is 2.27. The number of benzene rings is 1. The van der Waals surface area contributed by atoms with Crippen molar-refractivity contribution in [3.63, 3.8) is 0 Å². The van der Waals surface area contributed by atoms with Crippen LogP contribution in [0.4, 0.5) is 0 Å². The standard InChI is InChI=1S/C17H17N3O2S2/c1-3-20-15(14-5-4-10-23-14)18-19-17(20)24-11-12-6-8-13(9-7-12)16(21)22-2/h4-10H,3,11H2,1-2H3. The minimum atomic E-state index is -0.319. The second kappa shape index (κ2) is 7.63. The number of aromatic nitrogens is 3. The van der Waals surface area contributed by atoms with Gasteiger partial charge in [0.2, 0.25) is 0 Å². The Balaban J connectivity index is 1.72. The summed E-state index contributed by atoms with van der Waals surface area (Å²) in [5.41, 5.74) is 1.68. The molecule has 0 saturated heterocycles. The van der Waals surface area contributed by atoms with E-state index in [0.717, 1.165) is 33.7 Å². The summed E-state index contributed by atoms with van der Waals surface area (Å²) in [7, 11) is 1.38. The Kier molecular flexibility index (Phi) is 5.32.